The highest BCUT2D eigenvalue weighted by Gasteiger charge is 2.05. The van der Waals surface area contributed by atoms with Gasteiger partial charge >= 0.3 is 0 Å². The van der Waals surface area contributed by atoms with Crippen molar-refractivity contribution in [3.63, 3.8) is 0 Å². The highest BCUT2D eigenvalue weighted by atomic mass is 16.5. The van der Waals surface area contributed by atoms with Gasteiger partial charge in [-0.3, -0.25) is 0 Å². The monoisotopic (exact) mass is 214 g/mol. The van der Waals surface area contributed by atoms with Gasteiger partial charge in [0.25, 0.3) is 0 Å². The van der Waals surface area contributed by atoms with Crippen molar-refractivity contribution in [3.05, 3.63) is 0 Å². The summed E-state index contributed by atoms with van der Waals surface area (Å²) in [6.45, 7) is 7.71. The van der Waals surface area contributed by atoms with Gasteiger partial charge in [0.2, 0.25) is 0 Å². The Morgan fingerprint density at radius 2 is 1.47 bits per heavy atom. The summed E-state index contributed by atoms with van der Waals surface area (Å²) in [5.41, 5.74) is 0. The average molecular weight is 214 g/mol. The predicted octanol–water partition coefficient (Wildman–Crippen LogP) is 4.94. The van der Waals surface area contributed by atoms with Gasteiger partial charge in [-0.05, 0) is 19.3 Å². The van der Waals surface area contributed by atoms with Crippen molar-refractivity contribution in [2.75, 3.05) is 6.61 Å². The van der Waals surface area contributed by atoms with Gasteiger partial charge in [-0.15, -0.1) is 0 Å². The number of hydrogen-bond donors (Lipinski definition) is 0. The Morgan fingerprint density at radius 3 is 2.07 bits per heavy atom. The molecule has 0 aromatic heterocycles. The molecular formula is C14H30O. The molecule has 1 atom stereocenters. The van der Waals surface area contributed by atoms with Crippen molar-refractivity contribution >= 4 is 0 Å². The average Bonchev–Trinajstić information content (AvgIpc) is 2.27. The fraction of sp³-hybridized carbons (Fsp3) is 1.00. The minimum absolute atomic E-state index is 0.527. The number of unbranched alkanes of at least 4 members (excludes halogenated alkanes) is 5. The Hall–Kier alpha value is -0.0400. The van der Waals surface area contributed by atoms with E-state index in [1.807, 2.05) is 0 Å². The highest BCUT2D eigenvalue weighted by molar-refractivity contribution is 4.56. The minimum atomic E-state index is 0.527. The van der Waals surface area contributed by atoms with E-state index in [0.29, 0.717) is 6.10 Å². The van der Waals surface area contributed by atoms with E-state index in [0.717, 1.165) is 6.61 Å². The molecule has 0 aliphatic rings. The van der Waals surface area contributed by atoms with Gasteiger partial charge < -0.3 is 4.74 Å². The molecule has 0 saturated carbocycles. The second kappa shape index (κ2) is 12.0. The lowest BCUT2D eigenvalue weighted by Crippen LogP contribution is -2.12. The lowest BCUT2D eigenvalue weighted by Gasteiger charge is -2.15. The first-order chi connectivity index (χ1) is 7.35. The molecule has 0 N–H and O–H groups in total. The molecule has 1 heteroatoms. The Labute approximate surface area is 96.6 Å². The molecule has 0 heterocycles. The van der Waals surface area contributed by atoms with Crippen molar-refractivity contribution in [2.24, 2.45) is 0 Å². The smallest absolute Gasteiger partial charge is 0.0572 e. The molecule has 0 aromatic carbocycles. The first-order valence-corrected chi connectivity index (χ1v) is 6.96. The third-order valence-electron chi connectivity index (χ3n) is 2.94. The molecule has 0 bridgehead atoms. The van der Waals surface area contributed by atoms with Gasteiger partial charge in [-0.25, -0.2) is 0 Å². The van der Waals surface area contributed by atoms with Crippen LogP contribution in [0.5, 0.6) is 0 Å². The van der Waals surface area contributed by atoms with Crippen LogP contribution < -0.4 is 0 Å². The van der Waals surface area contributed by atoms with Crippen molar-refractivity contribution < 1.29 is 4.74 Å². The molecule has 0 rings (SSSR count). The first kappa shape index (κ1) is 15.0. The number of hydrogen-bond acceptors (Lipinski definition) is 1. The molecule has 0 amide bonds. The number of rotatable bonds is 11. The summed E-state index contributed by atoms with van der Waals surface area (Å²) in [7, 11) is 0. The van der Waals surface area contributed by atoms with Crippen molar-refractivity contribution in [1.29, 1.82) is 0 Å². The summed E-state index contributed by atoms with van der Waals surface area (Å²) in [5.74, 6) is 0. The maximum Gasteiger partial charge on any atom is 0.0572 e. The summed E-state index contributed by atoms with van der Waals surface area (Å²) in [5, 5.41) is 0. The predicted molar refractivity (Wildman–Crippen MR) is 68.3 cm³/mol. The molecular weight excluding hydrogens is 184 g/mol. The molecule has 15 heavy (non-hydrogen) atoms. The fourth-order valence-corrected chi connectivity index (χ4v) is 1.81. The Balaban J connectivity index is 3.29. The van der Waals surface area contributed by atoms with Gasteiger partial charge in [0, 0.05) is 6.61 Å². The second-order valence-electron chi connectivity index (χ2n) is 4.46. The van der Waals surface area contributed by atoms with E-state index >= 15 is 0 Å². The zero-order valence-corrected chi connectivity index (χ0v) is 11.1. The SMILES string of the molecule is CCCCCC[C@@H](CC)OCCCCC. The van der Waals surface area contributed by atoms with E-state index in [-0.39, 0.29) is 0 Å². The van der Waals surface area contributed by atoms with Crippen LogP contribution in [0.2, 0.25) is 0 Å². The van der Waals surface area contributed by atoms with Crippen molar-refractivity contribution in [3.8, 4) is 0 Å². The zero-order valence-electron chi connectivity index (χ0n) is 11.1. The summed E-state index contributed by atoms with van der Waals surface area (Å²) < 4.78 is 5.87. The van der Waals surface area contributed by atoms with E-state index in [4.69, 9.17) is 4.74 Å². The van der Waals surface area contributed by atoms with Crippen LogP contribution in [0.25, 0.3) is 0 Å². The maximum atomic E-state index is 5.87. The summed E-state index contributed by atoms with van der Waals surface area (Å²) >= 11 is 0. The van der Waals surface area contributed by atoms with Gasteiger partial charge in [-0.2, -0.15) is 0 Å². The van der Waals surface area contributed by atoms with Crippen LogP contribution in [0, 0.1) is 0 Å². The van der Waals surface area contributed by atoms with E-state index in [1.54, 1.807) is 0 Å². The van der Waals surface area contributed by atoms with Crippen LogP contribution in [0.4, 0.5) is 0 Å². The topological polar surface area (TPSA) is 9.23 Å². The van der Waals surface area contributed by atoms with E-state index in [2.05, 4.69) is 20.8 Å². The summed E-state index contributed by atoms with van der Waals surface area (Å²) in [6, 6.07) is 0. The molecule has 92 valence electrons. The summed E-state index contributed by atoms with van der Waals surface area (Å²) in [4.78, 5) is 0. The molecule has 0 spiro atoms. The quantitative estimate of drug-likeness (QED) is 0.442. The Morgan fingerprint density at radius 1 is 0.800 bits per heavy atom. The van der Waals surface area contributed by atoms with E-state index < -0.39 is 0 Å². The molecule has 0 aromatic rings. The van der Waals surface area contributed by atoms with Crippen LogP contribution in [0.15, 0.2) is 0 Å². The molecule has 0 aliphatic carbocycles. The minimum Gasteiger partial charge on any atom is -0.378 e. The van der Waals surface area contributed by atoms with Gasteiger partial charge in [-0.1, -0.05) is 59.3 Å². The molecule has 0 radical (unpaired) electrons. The molecule has 0 fully saturated rings. The van der Waals surface area contributed by atoms with E-state index in [1.165, 1.54) is 57.8 Å². The van der Waals surface area contributed by atoms with Gasteiger partial charge in [0.05, 0.1) is 6.10 Å². The third kappa shape index (κ3) is 10.2. The van der Waals surface area contributed by atoms with Crippen LogP contribution in [-0.2, 0) is 4.74 Å². The van der Waals surface area contributed by atoms with Gasteiger partial charge in [0.1, 0.15) is 0 Å². The normalized spacial score (nSPS) is 13.0. The molecule has 0 aliphatic heterocycles. The molecule has 0 unspecified atom stereocenters. The maximum absolute atomic E-state index is 5.87. The Bertz CT molecular complexity index is 99.9. The van der Waals surface area contributed by atoms with Crippen LogP contribution in [-0.4, -0.2) is 12.7 Å². The van der Waals surface area contributed by atoms with Gasteiger partial charge in [0.15, 0.2) is 0 Å². The first-order valence-electron chi connectivity index (χ1n) is 6.96. The molecule has 1 nitrogen and oxygen atoms in total. The lowest BCUT2D eigenvalue weighted by atomic mass is 10.1. The standard InChI is InChI=1S/C14H30O/c1-4-7-9-10-12-14(6-3)15-13-11-8-5-2/h14H,4-13H2,1-3H3/t14-/m1/s1. The third-order valence-corrected chi connectivity index (χ3v) is 2.94. The fourth-order valence-electron chi connectivity index (χ4n) is 1.81. The highest BCUT2D eigenvalue weighted by Crippen LogP contribution is 2.11. The number of ether oxygens (including phenoxy) is 1. The lowest BCUT2D eigenvalue weighted by molar-refractivity contribution is 0.0409. The van der Waals surface area contributed by atoms with Crippen LogP contribution in [0.3, 0.4) is 0 Å². The molecule has 0 saturated heterocycles. The van der Waals surface area contributed by atoms with Crippen LogP contribution >= 0.6 is 0 Å². The Kier molecular flexibility index (Phi) is 12.0. The van der Waals surface area contributed by atoms with Crippen molar-refractivity contribution in [1.82, 2.24) is 0 Å². The van der Waals surface area contributed by atoms with Crippen LogP contribution in [0.1, 0.15) is 78.6 Å². The zero-order chi connectivity index (χ0) is 11.4. The summed E-state index contributed by atoms with van der Waals surface area (Å²) in [6.07, 6.45) is 12.2. The second-order valence-corrected chi connectivity index (χ2v) is 4.46. The largest absolute Gasteiger partial charge is 0.378 e. The van der Waals surface area contributed by atoms with Crippen molar-refractivity contribution in [2.45, 2.75) is 84.7 Å². The van der Waals surface area contributed by atoms with E-state index in [9.17, 15) is 0 Å².